The summed E-state index contributed by atoms with van der Waals surface area (Å²) in [5, 5.41) is 15.6. The predicted octanol–water partition coefficient (Wildman–Crippen LogP) is 1.08. The number of nitrogens with one attached hydrogen (secondary N) is 1. The zero-order valence-corrected chi connectivity index (χ0v) is 11.8. The lowest BCUT2D eigenvalue weighted by molar-refractivity contribution is 0.0951. The van der Waals surface area contributed by atoms with Crippen molar-refractivity contribution in [2.75, 3.05) is 6.61 Å². The van der Waals surface area contributed by atoms with E-state index in [9.17, 15) is 4.79 Å². The van der Waals surface area contributed by atoms with Crippen LogP contribution in [0.3, 0.4) is 0 Å². The number of carbonyl (C=O) groups is 1. The fraction of sp³-hybridized carbons (Fsp3) is 0.250. The van der Waals surface area contributed by atoms with E-state index in [1.54, 1.807) is 17.9 Å². The van der Waals surface area contributed by atoms with Crippen LogP contribution in [0.15, 0.2) is 36.7 Å². The molecule has 1 aromatic heterocycles. The molecule has 1 heterocycles. The highest BCUT2D eigenvalue weighted by Gasteiger charge is 2.08. The second-order valence-corrected chi connectivity index (χ2v) is 4.52. The van der Waals surface area contributed by atoms with Crippen molar-refractivity contribution >= 4 is 5.91 Å². The van der Waals surface area contributed by atoms with Crippen molar-refractivity contribution in [3.63, 3.8) is 0 Å². The summed E-state index contributed by atoms with van der Waals surface area (Å²) < 4.78 is 1.59. The molecule has 2 N–H and O–H groups in total. The lowest BCUT2D eigenvalue weighted by Crippen LogP contribution is -2.22. The molecule has 0 unspecified atom stereocenters. The van der Waals surface area contributed by atoms with Crippen LogP contribution in [-0.4, -0.2) is 27.4 Å². The lowest BCUT2D eigenvalue weighted by atomic mass is 10.1. The van der Waals surface area contributed by atoms with Crippen molar-refractivity contribution in [2.45, 2.75) is 13.0 Å². The van der Waals surface area contributed by atoms with E-state index in [4.69, 9.17) is 5.11 Å². The molecular weight excluding hydrogens is 266 g/mol. The van der Waals surface area contributed by atoms with Crippen molar-refractivity contribution in [3.8, 4) is 11.8 Å². The van der Waals surface area contributed by atoms with Crippen molar-refractivity contribution in [2.24, 2.45) is 7.05 Å². The first kappa shape index (κ1) is 14.8. The number of aromatic nitrogens is 2. The minimum atomic E-state index is -0.166. The topological polar surface area (TPSA) is 67.2 Å². The highest BCUT2D eigenvalue weighted by molar-refractivity contribution is 5.93. The number of carbonyl (C=O) groups excluding carboxylic acids is 1. The van der Waals surface area contributed by atoms with Crippen LogP contribution in [-0.2, 0) is 13.6 Å². The summed E-state index contributed by atoms with van der Waals surface area (Å²) in [6.07, 6.45) is 3.64. The molecule has 0 aliphatic carbocycles. The van der Waals surface area contributed by atoms with E-state index in [1.807, 2.05) is 24.3 Å². The van der Waals surface area contributed by atoms with Crippen molar-refractivity contribution in [3.05, 3.63) is 53.3 Å². The summed E-state index contributed by atoms with van der Waals surface area (Å²) >= 11 is 0. The van der Waals surface area contributed by atoms with Crippen LogP contribution in [0.2, 0.25) is 0 Å². The Morgan fingerprint density at radius 2 is 2.24 bits per heavy atom. The van der Waals surface area contributed by atoms with E-state index in [0.717, 1.165) is 11.1 Å². The first-order chi connectivity index (χ1) is 10.2. The third kappa shape index (κ3) is 4.20. The minimum absolute atomic E-state index is 0.0485. The van der Waals surface area contributed by atoms with Gasteiger partial charge in [0.05, 0.1) is 18.4 Å². The number of rotatable bonds is 4. The SMILES string of the molecule is Cn1cc(C(=O)NCc2ccccc2C#CCCO)cn1. The Morgan fingerprint density at radius 3 is 2.95 bits per heavy atom. The Bertz CT molecular complexity index is 680. The van der Waals surface area contributed by atoms with Crippen molar-refractivity contribution < 1.29 is 9.90 Å². The van der Waals surface area contributed by atoms with Crippen LogP contribution in [0.1, 0.15) is 27.9 Å². The van der Waals surface area contributed by atoms with E-state index in [1.165, 1.54) is 6.20 Å². The summed E-state index contributed by atoms with van der Waals surface area (Å²) in [5.41, 5.74) is 2.33. The van der Waals surface area contributed by atoms with Gasteiger partial charge in [0.15, 0.2) is 0 Å². The average molecular weight is 283 g/mol. The minimum Gasteiger partial charge on any atom is -0.395 e. The van der Waals surface area contributed by atoms with Gasteiger partial charge in [0.2, 0.25) is 0 Å². The summed E-state index contributed by atoms with van der Waals surface area (Å²) in [5.74, 6) is 5.73. The molecule has 5 heteroatoms. The molecule has 2 rings (SSSR count). The van der Waals surface area contributed by atoms with E-state index >= 15 is 0 Å². The molecule has 0 fully saturated rings. The second kappa shape index (κ2) is 7.27. The van der Waals surface area contributed by atoms with Crippen molar-refractivity contribution in [1.82, 2.24) is 15.1 Å². The number of hydrogen-bond donors (Lipinski definition) is 2. The predicted molar refractivity (Wildman–Crippen MR) is 79.4 cm³/mol. The number of amides is 1. The molecule has 2 aromatic rings. The highest BCUT2D eigenvalue weighted by Crippen LogP contribution is 2.07. The van der Waals surface area contributed by atoms with Gasteiger partial charge in [-0.2, -0.15) is 5.10 Å². The Hall–Kier alpha value is -2.58. The Morgan fingerprint density at radius 1 is 1.43 bits per heavy atom. The van der Waals surface area contributed by atoms with Crippen LogP contribution >= 0.6 is 0 Å². The molecule has 0 radical (unpaired) electrons. The first-order valence-electron chi connectivity index (χ1n) is 6.65. The van der Waals surface area contributed by atoms with Gasteiger partial charge in [-0.3, -0.25) is 9.48 Å². The van der Waals surface area contributed by atoms with Gasteiger partial charge in [-0.1, -0.05) is 30.0 Å². The van der Waals surface area contributed by atoms with Gasteiger partial charge in [-0.05, 0) is 11.6 Å². The number of nitrogens with zero attached hydrogens (tertiary/aromatic N) is 2. The monoisotopic (exact) mass is 283 g/mol. The van der Waals surface area contributed by atoms with Crippen molar-refractivity contribution in [1.29, 1.82) is 0 Å². The maximum atomic E-state index is 12.0. The third-order valence-corrected chi connectivity index (χ3v) is 2.88. The molecule has 108 valence electrons. The van der Waals surface area contributed by atoms with E-state index in [-0.39, 0.29) is 12.5 Å². The lowest BCUT2D eigenvalue weighted by Gasteiger charge is -2.06. The Labute approximate surface area is 123 Å². The van der Waals surface area contributed by atoms with Crippen LogP contribution in [0.25, 0.3) is 0 Å². The van der Waals surface area contributed by atoms with Gasteiger partial charge < -0.3 is 10.4 Å². The fourth-order valence-corrected chi connectivity index (χ4v) is 1.83. The summed E-state index contributed by atoms with van der Waals surface area (Å²) in [4.78, 5) is 12.0. The molecule has 0 aliphatic rings. The van der Waals surface area contributed by atoms with Crippen LogP contribution in [0.5, 0.6) is 0 Å². The molecule has 0 saturated carbocycles. The maximum Gasteiger partial charge on any atom is 0.254 e. The quantitative estimate of drug-likeness (QED) is 0.825. The maximum absolute atomic E-state index is 12.0. The van der Waals surface area contributed by atoms with Gasteiger partial charge in [0.1, 0.15) is 0 Å². The third-order valence-electron chi connectivity index (χ3n) is 2.88. The van der Waals surface area contributed by atoms with Gasteiger partial charge in [0, 0.05) is 31.8 Å². The molecule has 1 amide bonds. The largest absolute Gasteiger partial charge is 0.395 e. The van der Waals surface area contributed by atoms with Gasteiger partial charge in [-0.15, -0.1) is 0 Å². The Kier molecular flexibility index (Phi) is 5.13. The average Bonchev–Trinajstić information content (AvgIpc) is 2.93. The molecule has 0 aliphatic heterocycles. The zero-order chi connectivity index (χ0) is 15.1. The summed E-state index contributed by atoms with van der Waals surface area (Å²) in [7, 11) is 1.77. The highest BCUT2D eigenvalue weighted by atomic mass is 16.2. The molecular formula is C16H17N3O2. The molecule has 0 bridgehead atoms. The zero-order valence-electron chi connectivity index (χ0n) is 11.8. The second-order valence-electron chi connectivity index (χ2n) is 4.52. The van der Waals surface area contributed by atoms with Crippen LogP contribution in [0, 0.1) is 11.8 Å². The number of aliphatic hydroxyl groups excluding tert-OH is 1. The molecule has 0 spiro atoms. The van der Waals surface area contributed by atoms with Gasteiger partial charge >= 0.3 is 0 Å². The Balaban J connectivity index is 2.03. The molecule has 1 aromatic carbocycles. The normalized spacial score (nSPS) is 9.81. The van der Waals surface area contributed by atoms with Crippen LogP contribution < -0.4 is 5.32 Å². The van der Waals surface area contributed by atoms with Gasteiger partial charge in [-0.25, -0.2) is 0 Å². The number of aliphatic hydroxyl groups is 1. The fourth-order valence-electron chi connectivity index (χ4n) is 1.83. The van der Waals surface area contributed by atoms with Crippen LogP contribution in [0.4, 0.5) is 0 Å². The summed E-state index contributed by atoms with van der Waals surface area (Å²) in [6, 6.07) is 7.63. The standard InChI is InChI=1S/C16H17N3O2/c1-19-12-15(11-18-19)16(21)17-10-14-8-3-2-6-13(14)7-4-5-9-20/h2-3,6,8,11-12,20H,5,9-10H2,1H3,(H,17,21). The smallest absolute Gasteiger partial charge is 0.254 e. The molecule has 5 nitrogen and oxygen atoms in total. The van der Waals surface area contributed by atoms with E-state index in [0.29, 0.717) is 18.5 Å². The first-order valence-corrected chi connectivity index (χ1v) is 6.65. The number of benzene rings is 1. The molecule has 0 saturated heterocycles. The summed E-state index contributed by atoms with van der Waals surface area (Å²) in [6.45, 7) is 0.449. The number of hydrogen-bond acceptors (Lipinski definition) is 3. The van der Waals surface area contributed by atoms with E-state index < -0.39 is 0 Å². The van der Waals surface area contributed by atoms with E-state index in [2.05, 4.69) is 22.3 Å². The molecule has 21 heavy (non-hydrogen) atoms. The molecule has 0 atom stereocenters. The van der Waals surface area contributed by atoms with Gasteiger partial charge in [0.25, 0.3) is 5.91 Å². The number of aryl methyl sites for hydroxylation is 1.